The summed E-state index contributed by atoms with van der Waals surface area (Å²) in [5.41, 5.74) is 3.09. The average Bonchev–Trinajstić information content (AvgIpc) is 2.71. The summed E-state index contributed by atoms with van der Waals surface area (Å²) in [5, 5.41) is 7.57. The molecule has 0 amide bonds. The molecular weight excluding hydrogens is 226 g/mol. The van der Waals surface area contributed by atoms with Gasteiger partial charge < -0.3 is 5.32 Å². The topological polar surface area (TPSA) is 55.6 Å². The summed E-state index contributed by atoms with van der Waals surface area (Å²) in [7, 11) is 1.95. The lowest BCUT2D eigenvalue weighted by atomic mass is 10.1. The largest absolute Gasteiger partial charge is 0.346 e. The van der Waals surface area contributed by atoms with Crippen LogP contribution in [-0.2, 0) is 7.05 Å². The van der Waals surface area contributed by atoms with Gasteiger partial charge in [0.2, 0.25) is 5.95 Å². The maximum absolute atomic E-state index is 4.41. The highest BCUT2D eigenvalue weighted by atomic mass is 15.3. The summed E-state index contributed by atoms with van der Waals surface area (Å²) in [6.45, 7) is 6.09. The number of nitrogens with one attached hydrogen (secondary N) is 1. The predicted molar refractivity (Wildman–Crippen MR) is 71.4 cm³/mol. The fraction of sp³-hybridized carbons (Fsp3) is 0.462. The van der Waals surface area contributed by atoms with E-state index in [1.54, 1.807) is 0 Å². The van der Waals surface area contributed by atoms with Gasteiger partial charge in [-0.2, -0.15) is 5.10 Å². The minimum Gasteiger partial charge on any atom is -0.346 e. The number of hydrogen-bond donors (Lipinski definition) is 1. The van der Waals surface area contributed by atoms with Crippen LogP contribution in [0.3, 0.4) is 0 Å². The first kappa shape index (κ1) is 12.5. The van der Waals surface area contributed by atoms with Gasteiger partial charge in [-0.05, 0) is 32.4 Å². The van der Waals surface area contributed by atoms with Gasteiger partial charge in [-0.1, -0.05) is 6.92 Å². The van der Waals surface area contributed by atoms with Crippen LogP contribution < -0.4 is 5.32 Å². The fourth-order valence-electron chi connectivity index (χ4n) is 2.06. The van der Waals surface area contributed by atoms with Gasteiger partial charge in [0, 0.05) is 24.6 Å². The van der Waals surface area contributed by atoms with Crippen LogP contribution >= 0.6 is 0 Å². The second-order valence-corrected chi connectivity index (χ2v) is 4.46. The summed E-state index contributed by atoms with van der Waals surface area (Å²) >= 11 is 0. The normalized spacial score (nSPS) is 12.4. The first-order valence-corrected chi connectivity index (χ1v) is 6.17. The molecule has 0 saturated heterocycles. The Morgan fingerprint density at radius 2 is 1.94 bits per heavy atom. The molecule has 96 valence electrons. The average molecular weight is 245 g/mol. The molecule has 2 heterocycles. The molecule has 0 spiro atoms. The van der Waals surface area contributed by atoms with Crippen LogP contribution in [0.1, 0.15) is 36.5 Å². The molecule has 0 bridgehead atoms. The monoisotopic (exact) mass is 245 g/mol. The zero-order valence-corrected chi connectivity index (χ0v) is 11.3. The van der Waals surface area contributed by atoms with Gasteiger partial charge in [-0.3, -0.25) is 4.68 Å². The van der Waals surface area contributed by atoms with E-state index < -0.39 is 0 Å². The molecule has 5 nitrogen and oxygen atoms in total. The summed E-state index contributed by atoms with van der Waals surface area (Å²) in [5.74, 6) is 0.681. The molecule has 0 aliphatic carbocycles. The smallest absolute Gasteiger partial charge is 0.223 e. The van der Waals surface area contributed by atoms with Crippen LogP contribution in [0.25, 0.3) is 0 Å². The van der Waals surface area contributed by atoms with E-state index in [1.807, 2.05) is 43.9 Å². The van der Waals surface area contributed by atoms with Crippen LogP contribution in [-0.4, -0.2) is 19.7 Å². The van der Waals surface area contributed by atoms with Crippen molar-refractivity contribution in [3.05, 3.63) is 35.4 Å². The van der Waals surface area contributed by atoms with E-state index in [2.05, 4.69) is 27.3 Å². The van der Waals surface area contributed by atoms with Crippen LogP contribution in [0.2, 0.25) is 0 Å². The number of hydrogen-bond acceptors (Lipinski definition) is 4. The summed E-state index contributed by atoms with van der Waals surface area (Å²) in [6, 6.07) is 4.17. The molecule has 18 heavy (non-hydrogen) atoms. The van der Waals surface area contributed by atoms with Gasteiger partial charge in [0.15, 0.2) is 0 Å². The molecule has 1 N–H and O–H groups in total. The number of nitrogens with zero attached hydrogens (tertiary/aromatic N) is 4. The third-order valence-corrected chi connectivity index (χ3v) is 2.91. The third-order valence-electron chi connectivity index (χ3n) is 2.91. The van der Waals surface area contributed by atoms with Crippen molar-refractivity contribution in [1.82, 2.24) is 19.7 Å². The molecule has 0 aliphatic rings. The quantitative estimate of drug-likeness (QED) is 0.898. The SMILES string of the molecule is CCC(Nc1nc(C)cc(C)n1)c1ccnn1C. The van der Waals surface area contributed by atoms with Crippen molar-refractivity contribution in [3.8, 4) is 0 Å². The number of aryl methyl sites for hydroxylation is 3. The predicted octanol–water partition coefficient (Wildman–Crippen LogP) is 2.39. The Balaban J connectivity index is 2.23. The number of anilines is 1. The Labute approximate surface area is 107 Å². The Morgan fingerprint density at radius 1 is 1.28 bits per heavy atom. The Kier molecular flexibility index (Phi) is 3.60. The highest BCUT2D eigenvalue weighted by Gasteiger charge is 2.14. The Morgan fingerprint density at radius 3 is 2.44 bits per heavy atom. The summed E-state index contributed by atoms with van der Waals surface area (Å²) < 4.78 is 1.88. The molecule has 0 aliphatic heterocycles. The molecule has 2 aromatic rings. The van der Waals surface area contributed by atoms with E-state index in [-0.39, 0.29) is 6.04 Å². The fourth-order valence-corrected chi connectivity index (χ4v) is 2.06. The highest BCUT2D eigenvalue weighted by molar-refractivity contribution is 5.31. The van der Waals surface area contributed by atoms with Gasteiger partial charge in [0.1, 0.15) is 0 Å². The number of rotatable bonds is 4. The van der Waals surface area contributed by atoms with Gasteiger partial charge in [0.25, 0.3) is 0 Å². The second-order valence-electron chi connectivity index (χ2n) is 4.46. The molecule has 0 aromatic carbocycles. The van der Waals surface area contributed by atoms with Crippen molar-refractivity contribution in [1.29, 1.82) is 0 Å². The Hall–Kier alpha value is -1.91. The van der Waals surface area contributed by atoms with E-state index in [0.29, 0.717) is 5.95 Å². The highest BCUT2D eigenvalue weighted by Crippen LogP contribution is 2.20. The van der Waals surface area contributed by atoms with Gasteiger partial charge in [0.05, 0.1) is 11.7 Å². The van der Waals surface area contributed by atoms with Crippen molar-refractivity contribution in [2.24, 2.45) is 7.05 Å². The zero-order chi connectivity index (χ0) is 13.1. The Bertz CT molecular complexity index is 512. The second kappa shape index (κ2) is 5.16. The maximum Gasteiger partial charge on any atom is 0.223 e. The van der Waals surface area contributed by atoms with Crippen LogP contribution in [0.5, 0.6) is 0 Å². The van der Waals surface area contributed by atoms with Crippen molar-refractivity contribution in [3.63, 3.8) is 0 Å². The molecular formula is C13H19N5. The first-order chi connectivity index (χ1) is 8.60. The molecule has 5 heteroatoms. The molecule has 1 atom stereocenters. The van der Waals surface area contributed by atoms with E-state index >= 15 is 0 Å². The van der Waals surface area contributed by atoms with Gasteiger partial charge in [-0.15, -0.1) is 0 Å². The molecule has 1 unspecified atom stereocenters. The van der Waals surface area contributed by atoms with E-state index in [1.165, 1.54) is 0 Å². The van der Waals surface area contributed by atoms with Gasteiger partial charge >= 0.3 is 0 Å². The lowest BCUT2D eigenvalue weighted by Crippen LogP contribution is -2.16. The van der Waals surface area contributed by atoms with Crippen LogP contribution in [0.4, 0.5) is 5.95 Å². The standard InChI is InChI=1S/C13H19N5/c1-5-11(12-6-7-14-18(12)4)17-13-15-9(2)8-10(3)16-13/h6-8,11H,5H2,1-4H3,(H,15,16,17). The summed E-state index contributed by atoms with van der Waals surface area (Å²) in [4.78, 5) is 8.82. The van der Waals surface area contributed by atoms with Crippen molar-refractivity contribution in [2.45, 2.75) is 33.2 Å². The number of aromatic nitrogens is 4. The van der Waals surface area contributed by atoms with Crippen LogP contribution in [0, 0.1) is 13.8 Å². The summed E-state index contributed by atoms with van der Waals surface area (Å²) in [6.07, 6.45) is 2.76. The molecule has 0 radical (unpaired) electrons. The molecule has 0 fully saturated rings. The van der Waals surface area contributed by atoms with Crippen molar-refractivity contribution in [2.75, 3.05) is 5.32 Å². The minimum atomic E-state index is 0.179. The van der Waals surface area contributed by atoms with Crippen molar-refractivity contribution < 1.29 is 0 Å². The maximum atomic E-state index is 4.41. The van der Waals surface area contributed by atoms with E-state index in [4.69, 9.17) is 0 Å². The van der Waals surface area contributed by atoms with Crippen LogP contribution in [0.15, 0.2) is 18.3 Å². The minimum absolute atomic E-state index is 0.179. The molecule has 2 aromatic heterocycles. The molecule has 2 rings (SSSR count). The van der Waals surface area contributed by atoms with E-state index in [0.717, 1.165) is 23.5 Å². The van der Waals surface area contributed by atoms with Gasteiger partial charge in [-0.25, -0.2) is 9.97 Å². The van der Waals surface area contributed by atoms with E-state index in [9.17, 15) is 0 Å². The zero-order valence-electron chi connectivity index (χ0n) is 11.3. The lowest BCUT2D eigenvalue weighted by Gasteiger charge is -2.17. The first-order valence-electron chi connectivity index (χ1n) is 6.17. The third kappa shape index (κ3) is 2.67. The lowest BCUT2D eigenvalue weighted by molar-refractivity contribution is 0.629. The van der Waals surface area contributed by atoms with Crippen molar-refractivity contribution >= 4 is 5.95 Å². The molecule has 0 saturated carbocycles.